The summed E-state index contributed by atoms with van der Waals surface area (Å²) < 4.78 is 17.9. The maximum absolute atomic E-state index is 13.1. The number of aliphatic hydroxyl groups excluding tert-OH is 1. The van der Waals surface area contributed by atoms with Gasteiger partial charge in [0.25, 0.3) is 5.91 Å². The Labute approximate surface area is 99.4 Å². The highest BCUT2D eigenvalue weighted by Gasteiger charge is 2.13. The van der Waals surface area contributed by atoms with Crippen molar-refractivity contribution in [1.82, 2.24) is 5.32 Å². The van der Waals surface area contributed by atoms with Gasteiger partial charge in [-0.15, -0.1) is 0 Å². The van der Waals surface area contributed by atoms with E-state index in [1.54, 1.807) is 0 Å². The average Bonchev–Trinajstić information content (AvgIpc) is 2.36. The van der Waals surface area contributed by atoms with Gasteiger partial charge in [-0.05, 0) is 24.6 Å². The van der Waals surface area contributed by atoms with Crippen LogP contribution in [-0.2, 0) is 0 Å². The van der Waals surface area contributed by atoms with Crippen molar-refractivity contribution >= 4 is 5.91 Å². The largest absolute Gasteiger partial charge is 0.494 e. The van der Waals surface area contributed by atoms with E-state index < -0.39 is 5.82 Å². The van der Waals surface area contributed by atoms with Gasteiger partial charge in [0.1, 0.15) is 0 Å². The molecular weight excluding hydrogens is 225 g/mol. The van der Waals surface area contributed by atoms with Gasteiger partial charge >= 0.3 is 0 Å². The molecular formula is C12H16FNO3. The third-order valence-electron chi connectivity index (χ3n) is 2.46. The fourth-order valence-electron chi connectivity index (χ4n) is 1.35. The number of halogens is 1. The van der Waals surface area contributed by atoms with E-state index in [1.807, 2.05) is 6.92 Å². The van der Waals surface area contributed by atoms with E-state index >= 15 is 0 Å². The van der Waals surface area contributed by atoms with Gasteiger partial charge in [-0.2, -0.15) is 0 Å². The molecule has 0 aliphatic carbocycles. The number of methoxy groups -OCH3 is 1. The smallest absolute Gasteiger partial charge is 0.251 e. The highest BCUT2D eigenvalue weighted by molar-refractivity contribution is 5.94. The molecule has 0 heterocycles. The van der Waals surface area contributed by atoms with Crippen molar-refractivity contribution < 1.29 is 19.0 Å². The van der Waals surface area contributed by atoms with Crippen LogP contribution in [0.25, 0.3) is 0 Å². The minimum Gasteiger partial charge on any atom is -0.494 e. The number of rotatable bonds is 5. The average molecular weight is 241 g/mol. The minimum absolute atomic E-state index is 0.0229. The second kappa shape index (κ2) is 6.20. The van der Waals surface area contributed by atoms with Crippen LogP contribution in [0.3, 0.4) is 0 Å². The van der Waals surface area contributed by atoms with Gasteiger partial charge in [0.2, 0.25) is 0 Å². The number of nitrogens with one attached hydrogen (secondary N) is 1. The molecule has 1 aromatic carbocycles. The van der Waals surface area contributed by atoms with E-state index in [4.69, 9.17) is 9.84 Å². The van der Waals surface area contributed by atoms with Crippen molar-refractivity contribution in [1.29, 1.82) is 0 Å². The Kier molecular flexibility index (Phi) is 4.90. The molecule has 0 unspecified atom stereocenters. The lowest BCUT2D eigenvalue weighted by atomic mass is 10.1. The number of hydrogen-bond acceptors (Lipinski definition) is 3. The second-order valence-electron chi connectivity index (χ2n) is 3.61. The predicted molar refractivity (Wildman–Crippen MR) is 61.6 cm³/mol. The van der Waals surface area contributed by atoms with E-state index in [2.05, 4.69) is 5.32 Å². The van der Waals surface area contributed by atoms with Crippen LogP contribution in [0.15, 0.2) is 18.2 Å². The summed E-state index contributed by atoms with van der Waals surface area (Å²) in [4.78, 5) is 11.8. The fraction of sp³-hybridized carbons (Fsp3) is 0.417. The fourth-order valence-corrected chi connectivity index (χ4v) is 1.35. The van der Waals surface area contributed by atoms with Crippen molar-refractivity contribution in [2.75, 3.05) is 13.7 Å². The molecule has 1 amide bonds. The van der Waals surface area contributed by atoms with Crippen molar-refractivity contribution in [2.45, 2.75) is 19.4 Å². The Morgan fingerprint density at radius 2 is 2.29 bits per heavy atom. The van der Waals surface area contributed by atoms with Crippen LogP contribution in [0.2, 0.25) is 0 Å². The number of amides is 1. The lowest BCUT2D eigenvalue weighted by Crippen LogP contribution is -2.36. The van der Waals surface area contributed by atoms with Gasteiger partial charge in [-0.3, -0.25) is 4.79 Å². The molecule has 2 N–H and O–H groups in total. The van der Waals surface area contributed by atoms with Crippen molar-refractivity contribution in [3.63, 3.8) is 0 Å². The summed E-state index contributed by atoms with van der Waals surface area (Å²) in [6.07, 6.45) is 0.626. The lowest BCUT2D eigenvalue weighted by Gasteiger charge is -2.14. The van der Waals surface area contributed by atoms with Gasteiger partial charge in [0.15, 0.2) is 11.6 Å². The Balaban J connectivity index is 2.82. The van der Waals surface area contributed by atoms with Crippen molar-refractivity contribution in [2.24, 2.45) is 0 Å². The molecule has 0 saturated heterocycles. The van der Waals surface area contributed by atoms with Crippen molar-refractivity contribution in [3.8, 4) is 5.75 Å². The Bertz CT molecular complexity index is 391. The molecule has 17 heavy (non-hydrogen) atoms. The molecule has 1 atom stereocenters. The van der Waals surface area contributed by atoms with Gasteiger partial charge in [0.05, 0.1) is 19.8 Å². The van der Waals surface area contributed by atoms with Crippen LogP contribution in [0, 0.1) is 5.82 Å². The van der Waals surface area contributed by atoms with Gasteiger partial charge in [-0.25, -0.2) is 4.39 Å². The molecule has 0 aliphatic rings. The van der Waals surface area contributed by atoms with E-state index in [9.17, 15) is 9.18 Å². The van der Waals surface area contributed by atoms with Crippen LogP contribution >= 0.6 is 0 Å². The van der Waals surface area contributed by atoms with Crippen LogP contribution in [0.4, 0.5) is 4.39 Å². The number of carbonyl (C=O) groups is 1. The van der Waals surface area contributed by atoms with Gasteiger partial charge in [-0.1, -0.05) is 6.92 Å². The zero-order valence-corrected chi connectivity index (χ0v) is 9.87. The Morgan fingerprint density at radius 3 is 2.82 bits per heavy atom. The number of hydrogen-bond donors (Lipinski definition) is 2. The highest BCUT2D eigenvalue weighted by atomic mass is 19.1. The van der Waals surface area contributed by atoms with E-state index in [1.165, 1.54) is 25.3 Å². The van der Waals surface area contributed by atoms with Crippen LogP contribution in [0.5, 0.6) is 5.75 Å². The number of carbonyl (C=O) groups excluding carboxylic acids is 1. The summed E-state index contributed by atoms with van der Waals surface area (Å²) >= 11 is 0. The maximum Gasteiger partial charge on any atom is 0.251 e. The summed E-state index contributed by atoms with van der Waals surface area (Å²) in [5.74, 6) is -0.850. The van der Waals surface area contributed by atoms with E-state index in [-0.39, 0.29) is 24.3 Å². The standard InChI is InChI=1S/C12H16FNO3/c1-3-9(7-15)14-12(16)8-4-5-10(13)11(6-8)17-2/h4-6,9,15H,3,7H2,1-2H3,(H,14,16)/t9-/m1/s1. The molecule has 5 heteroatoms. The predicted octanol–water partition coefficient (Wildman–Crippen LogP) is 1.34. The summed E-state index contributed by atoms with van der Waals surface area (Å²) in [6.45, 7) is 1.73. The first kappa shape index (κ1) is 13.4. The quantitative estimate of drug-likeness (QED) is 0.817. The molecule has 94 valence electrons. The summed E-state index contributed by atoms with van der Waals surface area (Å²) in [7, 11) is 1.34. The zero-order chi connectivity index (χ0) is 12.8. The molecule has 0 spiro atoms. The van der Waals surface area contributed by atoms with Crippen LogP contribution in [-0.4, -0.2) is 30.8 Å². The Morgan fingerprint density at radius 1 is 1.59 bits per heavy atom. The number of benzene rings is 1. The molecule has 0 radical (unpaired) electrons. The second-order valence-corrected chi connectivity index (χ2v) is 3.61. The van der Waals surface area contributed by atoms with E-state index in [0.29, 0.717) is 12.0 Å². The SMILES string of the molecule is CC[C@H](CO)NC(=O)c1ccc(F)c(OC)c1. The number of ether oxygens (including phenoxy) is 1. The van der Waals surface area contributed by atoms with Gasteiger partial charge < -0.3 is 15.2 Å². The normalized spacial score (nSPS) is 12.0. The molecule has 0 saturated carbocycles. The first-order valence-electron chi connectivity index (χ1n) is 5.37. The molecule has 0 fully saturated rings. The molecule has 1 aromatic rings. The Hall–Kier alpha value is -1.62. The summed E-state index contributed by atoms with van der Waals surface area (Å²) in [5.41, 5.74) is 0.301. The minimum atomic E-state index is -0.516. The first-order valence-corrected chi connectivity index (χ1v) is 5.37. The highest BCUT2D eigenvalue weighted by Crippen LogP contribution is 2.18. The van der Waals surface area contributed by atoms with Crippen LogP contribution in [0.1, 0.15) is 23.7 Å². The molecule has 0 aliphatic heterocycles. The topological polar surface area (TPSA) is 58.6 Å². The monoisotopic (exact) mass is 241 g/mol. The lowest BCUT2D eigenvalue weighted by molar-refractivity contribution is 0.0914. The zero-order valence-electron chi connectivity index (χ0n) is 9.87. The molecule has 4 nitrogen and oxygen atoms in total. The molecule has 0 bridgehead atoms. The summed E-state index contributed by atoms with van der Waals surface area (Å²) in [5, 5.41) is 11.6. The maximum atomic E-state index is 13.1. The third-order valence-corrected chi connectivity index (χ3v) is 2.46. The third kappa shape index (κ3) is 3.42. The van der Waals surface area contributed by atoms with E-state index in [0.717, 1.165) is 0 Å². The summed E-state index contributed by atoms with van der Waals surface area (Å²) in [6, 6.07) is 3.58. The van der Waals surface area contributed by atoms with Crippen LogP contribution < -0.4 is 10.1 Å². The molecule has 1 rings (SSSR count). The van der Waals surface area contributed by atoms with Gasteiger partial charge in [0, 0.05) is 5.56 Å². The first-order chi connectivity index (χ1) is 8.12. The molecule has 0 aromatic heterocycles. The number of aliphatic hydroxyl groups is 1. The van der Waals surface area contributed by atoms with Crippen molar-refractivity contribution in [3.05, 3.63) is 29.6 Å².